The molecule has 3 aliphatic rings. The van der Waals surface area contributed by atoms with Crippen molar-refractivity contribution in [2.45, 2.75) is 37.3 Å². The molecule has 3 fully saturated rings. The van der Waals surface area contributed by atoms with E-state index in [2.05, 4.69) is 9.80 Å². The number of hydrogen-bond donors (Lipinski definition) is 1. The van der Waals surface area contributed by atoms with Crippen LogP contribution in [0.1, 0.15) is 25.7 Å². The highest BCUT2D eigenvalue weighted by molar-refractivity contribution is 5.02. The Bertz CT molecular complexity index is 267. The number of rotatable bonds is 2. The third kappa shape index (κ3) is 2.12. The second-order valence-electron chi connectivity index (χ2n) is 5.81. The van der Waals surface area contributed by atoms with Gasteiger partial charge in [0.05, 0.1) is 13.2 Å². The zero-order valence-electron chi connectivity index (χ0n) is 10.7. The van der Waals surface area contributed by atoms with Crippen LogP contribution in [-0.4, -0.2) is 67.3 Å². The van der Waals surface area contributed by atoms with Crippen molar-refractivity contribution in [2.75, 3.05) is 45.9 Å². The van der Waals surface area contributed by atoms with Gasteiger partial charge >= 0.3 is 0 Å². The molecule has 0 saturated carbocycles. The van der Waals surface area contributed by atoms with Crippen LogP contribution in [0.3, 0.4) is 0 Å². The van der Waals surface area contributed by atoms with Gasteiger partial charge in [-0.15, -0.1) is 0 Å². The van der Waals surface area contributed by atoms with Gasteiger partial charge in [0.25, 0.3) is 0 Å². The first-order valence-corrected chi connectivity index (χ1v) is 7.11. The topological polar surface area (TPSA) is 41.7 Å². The van der Waals surface area contributed by atoms with Gasteiger partial charge in [0, 0.05) is 37.8 Å². The molecule has 0 aliphatic carbocycles. The monoisotopic (exact) mass is 239 g/mol. The molecule has 3 heterocycles. The van der Waals surface area contributed by atoms with Gasteiger partial charge in [0.1, 0.15) is 0 Å². The summed E-state index contributed by atoms with van der Waals surface area (Å²) in [5, 5.41) is 0. The highest BCUT2D eigenvalue weighted by atomic mass is 16.5. The van der Waals surface area contributed by atoms with Crippen LogP contribution in [0.25, 0.3) is 0 Å². The number of morpholine rings is 1. The Morgan fingerprint density at radius 2 is 2.00 bits per heavy atom. The van der Waals surface area contributed by atoms with Crippen LogP contribution in [0.4, 0.5) is 0 Å². The minimum atomic E-state index is 0.273. The van der Waals surface area contributed by atoms with Gasteiger partial charge in [-0.2, -0.15) is 0 Å². The van der Waals surface area contributed by atoms with Gasteiger partial charge < -0.3 is 15.4 Å². The SMILES string of the molecule is NCC1(N2CCOCC2)CCN2CCCC2C1. The van der Waals surface area contributed by atoms with E-state index in [4.69, 9.17) is 10.5 Å². The summed E-state index contributed by atoms with van der Waals surface area (Å²) in [6.07, 6.45) is 5.30. The molecule has 0 amide bonds. The fourth-order valence-corrected chi connectivity index (χ4v) is 3.95. The lowest BCUT2D eigenvalue weighted by Gasteiger charge is -2.51. The molecule has 0 aromatic heterocycles. The largest absolute Gasteiger partial charge is 0.379 e. The normalized spacial score (nSPS) is 40.4. The lowest BCUT2D eigenvalue weighted by Crippen LogP contribution is -2.63. The Balaban J connectivity index is 1.72. The van der Waals surface area contributed by atoms with E-state index in [0.29, 0.717) is 0 Å². The quantitative estimate of drug-likeness (QED) is 0.751. The summed E-state index contributed by atoms with van der Waals surface area (Å²) in [6, 6.07) is 0.801. The number of piperidine rings is 1. The van der Waals surface area contributed by atoms with Crippen molar-refractivity contribution in [1.29, 1.82) is 0 Å². The van der Waals surface area contributed by atoms with E-state index in [9.17, 15) is 0 Å². The molecule has 3 aliphatic heterocycles. The van der Waals surface area contributed by atoms with Crippen LogP contribution in [-0.2, 0) is 4.74 Å². The first-order chi connectivity index (χ1) is 8.34. The van der Waals surface area contributed by atoms with Crippen molar-refractivity contribution >= 4 is 0 Å². The smallest absolute Gasteiger partial charge is 0.0594 e. The maximum absolute atomic E-state index is 6.15. The Morgan fingerprint density at radius 3 is 2.76 bits per heavy atom. The van der Waals surface area contributed by atoms with E-state index in [1.165, 1.54) is 38.8 Å². The van der Waals surface area contributed by atoms with Crippen molar-refractivity contribution in [2.24, 2.45) is 5.73 Å². The third-order valence-electron chi connectivity index (χ3n) is 5.04. The number of fused-ring (bicyclic) bond motifs is 1. The molecule has 2 N–H and O–H groups in total. The van der Waals surface area contributed by atoms with E-state index < -0.39 is 0 Å². The van der Waals surface area contributed by atoms with E-state index >= 15 is 0 Å². The molecule has 3 saturated heterocycles. The van der Waals surface area contributed by atoms with Gasteiger partial charge in [0.2, 0.25) is 0 Å². The number of nitrogens with zero attached hydrogens (tertiary/aromatic N) is 2. The van der Waals surface area contributed by atoms with Gasteiger partial charge in [-0.1, -0.05) is 0 Å². The fourth-order valence-electron chi connectivity index (χ4n) is 3.95. The van der Waals surface area contributed by atoms with Crippen LogP contribution in [0.15, 0.2) is 0 Å². The first-order valence-electron chi connectivity index (χ1n) is 7.11. The molecule has 3 rings (SSSR count). The summed E-state index contributed by atoms with van der Waals surface area (Å²) >= 11 is 0. The number of nitrogens with two attached hydrogens (primary N) is 1. The zero-order valence-corrected chi connectivity index (χ0v) is 10.7. The number of ether oxygens (including phenoxy) is 1. The van der Waals surface area contributed by atoms with E-state index in [-0.39, 0.29) is 5.54 Å². The predicted octanol–water partition coefficient (Wildman–Crippen LogP) is 0.274. The van der Waals surface area contributed by atoms with Crippen molar-refractivity contribution < 1.29 is 4.74 Å². The van der Waals surface area contributed by atoms with Crippen molar-refractivity contribution in [1.82, 2.24) is 9.80 Å². The second-order valence-corrected chi connectivity index (χ2v) is 5.81. The molecule has 4 heteroatoms. The van der Waals surface area contributed by atoms with E-state index in [0.717, 1.165) is 38.9 Å². The maximum atomic E-state index is 6.15. The molecule has 0 aromatic rings. The Morgan fingerprint density at radius 1 is 1.18 bits per heavy atom. The van der Waals surface area contributed by atoms with Gasteiger partial charge in [-0.25, -0.2) is 0 Å². The molecular weight excluding hydrogens is 214 g/mol. The lowest BCUT2D eigenvalue weighted by atomic mass is 9.81. The zero-order chi connectivity index (χ0) is 11.7. The molecule has 2 atom stereocenters. The summed E-state index contributed by atoms with van der Waals surface area (Å²) in [4.78, 5) is 5.29. The molecule has 98 valence electrons. The van der Waals surface area contributed by atoms with Crippen LogP contribution >= 0.6 is 0 Å². The number of hydrogen-bond acceptors (Lipinski definition) is 4. The van der Waals surface area contributed by atoms with Crippen molar-refractivity contribution in [3.05, 3.63) is 0 Å². The minimum Gasteiger partial charge on any atom is -0.379 e. The molecule has 0 spiro atoms. The average Bonchev–Trinajstić information content (AvgIpc) is 2.86. The summed E-state index contributed by atoms with van der Waals surface area (Å²) < 4.78 is 5.47. The molecule has 0 bridgehead atoms. The molecule has 0 aromatic carbocycles. The molecule has 4 nitrogen and oxygen atoms in total. The molecular formula is C13H25N3O. The second kappa shape index (κ2) is 4.84. The van der Waals surface area contributed by atoms with Crippen molar-refractivity contribution in [3.8, 4) is 0 Å². The van der Waals surface area contributed by atoms with E-state index in [1.54, 1.807) is 0 Å². The molecule has 17 heavy (non-hydrogen) atoms. The van der Waals surface area contributed by atoms with Crippen LogP contribution in [0, 0.1) is 0 Å². The predicted molar refractivity (Wildman–Crippen MR) is 68.0 cm³/mol. The van der Waals surface area contributed by atoms with Crippen LogP contribution in [0.2, 0.25) is 0 Å². The third-order valence-corrected chi connectivity index (χ3v) is 5.04. The van der Waals surface area contributed by atoms with E-state index in [1.807, 2.05) is 0 Å². The van der Waals surface area contributed by atoms with Crippen LogP contribution in [0.5, 0.6) is 0 Å². The highest BCUT2D eigenvalue weighted by Gasteiger charge is 2.44. The van der Waals surface area contributed by atoms with Crippen molar-refractivity contribution in [3.63, 3.8) is 0 Å². The Labute approximate surface area is 104 Å². The van der Waals surface area contributed by atoms with Gasteiger partial charge in [-0.05, 0) is 32.2 Å². The van der Waals surface area contributed by atoms with Crippen LogP contribution < -0.4 is 5.73 Å². The van der Waals surface area contributed by atoms with Gasteiger partial charge in [-0.3, -0.25) is 4.90 Å². The molecule has 2 unspecified atom stereocenters. The highest BCUT2D eigenvalue weighted by Crippen LogP contribution is 2.36. The lowest BCUT2D eigenvalue weighted by molar-refractivity contribution is -0.0512. The Kier molecular flexibility index (Phi) is 3.39. The standard InChI is InChI=1S/C13H25N3O/c14-11-13(16-6-8-17-9-7-16)3-5-15-4-1-2-12(15)10-13/h12H,1-11,14H2. The summed E-state index contributed by atoms with van der Waals surface area (Å²) in [7, 11) is 0. The summed E-state index contributed by atoms with van der Waals surface area (Å²) in [5.74, 6) is 0. The maximum Gasteiger partial charge on any atom is 0.0594 e. The first kappa shape index (κ1) is 11.9. The summed E-state index contributed by atoms with van der Waals surface area (Å²) in [5.41, 5.74) is 6.42. The average molecular weight is 239 g/mol. The van der Waals surface area contributed by atoms with Gasteiger partial charge in [0.15, 0.2) is 0 Å². The fraction of sp³-hybridized carbons (Fsp3) is 1.00. The summed E-state index contributed by atoms with van der Waals surface area (Å²) in [6.45, 7) is 7.30. The Hall–Kier alpha value is -0.160. The molecule has 0 radical (unpaired) electrons. The minimum absolute atomic E-state index is 0.273.